The Balaban J connectivity index is 3.58. The van der Waals surface area contributed by atoms with Crippen LogP contribution in [0, 0.1) is 11.8 Å². The average molecular weight is 146 g/mol. The van der Waals surface area contributed by atoms with E-state index in [1.165, 1.54) is 0 Å². The Hall–Kier alpha value is -0.0800. The maximum absolute atomic E-state index is 9.41. The molecule has 0 amide bonds. The molecule has 0 aromatic carbocycles. The highest BCUT2D eigenvalue weighted by Crippen LogP contribution is 2.14. The van der Waals surface area contributed by atoms with Gasteiger partial charge in [-0.3, -0.25) is 0 Å². The van der Waals surface area contributed by atoms with Crippen LogP contribution in [0.25, 0.3) is 0 Å². The molecular weight excluding hydrogens is 128 g/mol. The van der Waals surface area contributed by atoms with Crippen LogP contribution >= 0.6 is 0 Å². The molecule has 0 saturated carbocycles. The Kier molecular flexibility index (Phi) is 4.65. The minimum absolute atomic E-state index is 0.172. The van der Waals surface area contributed by atoms with Gasteiger partial charge in [0.1, 0.15) is 0 Å². The first-order valence-corrected chi connectivity index (χ1v) is 3.88. The Bertz CT molecular complexity index is 81.3. The van der Waals surface area contributed by atoms with Gasteiger partial charge in [0.05, 0.1) is 6.10 Å². The molecule has 0 radical (unpaired) electrons. The quantitative estimate of drug-likeness (QED) is 0.621. The van der Waals surface area contributed by atoms with Crippen molar-refractivity contribution in [1.29, 1.82) is 0 Å². The van der Waals surface area contributed by atoms with E-state index in [1.54, 1.807) is 0 Å². The molecule has 0 bridgehead atoms. The summed E-state index contributed by atoms with van der Waals surface area (Å²) in [4.78, 5) is 0. The summed E-state index contributed by atoms with van der Waals surface area (Å²) in [6.45, 7) is 6.10. The van der Waals surface area contributed by atoms with Crippen LogP contribution in [0.3, 0.4) is 0 Å². The maximum Gasteiger partial charge on any atom is 0.0589 e. The van der Waals surface area contributed by atoms with Crippen molar-refractivity contribution < 1.29 is 10.2 Å². The van der Waals surface area contributed by atoms with Gasteiger partial charge in [0.25, 0.3) is 0 Å². The zero-order valence-corrected chi connectivity index (χ0v) is 7.04. The van der Waals surface area contributed by atoms with Crippen molar-refractivity contribution in [3.63, 3.8) is 0 Å². The average Bonchev–Trinajstić information content (AvgIpc) is 1.87. The smallest absolute Gasteiger partial charge is 0.0589 e. The normalized spacial score (nSPS) is 17.4. The molecule has 0 aliphatic carbocycles. The van der Waals surface area contributed by atoms with E-state index in [0.29, 0.717) is 12.3 Å². The Morgan fingerprint density at radius 2 is 1.70 bits per heavy atom. The van der Waals surface area contributed by atoms with E-state index in [-0.39, 0.29) is 18.6 Å². The molecule has 0 fully saturated rings. The van der Waals surface area contributed by atoms with Gasteiger partial charge in [-0.1, -0.05) is 20.8 Å². The third-order valence-corrected chi connectivity index (χ3v) is 1.85. The van der Waals surface area contributed by atoms with Crippen molar-refractivity contribution in [2.75, 3.05) is 6.61 Å². The Morgan fingerprint density at radius 3 is 2.00 bits per heavy atom. The van der Waals surface area contributed by atoms with Gasteiger partial charge in [0.15, 0.2) is 0 Å². The third kappa shape index (κ3) is 3.18. The topological polar surface area (TPSA) is 40.5 Å². The van der Waals surface area contributed by atoms with Crippen LogP contribution in [0.4, 0.5) is 0 Å². The van der Waals surface area contributed by atoms with E-state index in [2.05, 4.69) is 0 Å². The van der Waals surface area contributed by atoms with Crippen molar-refractivity contribution in [2.45, 2.75) is 33.3 Å². The molecule has 0 spiro atoms. The minimum Gasteiger partial charge on any atom is -0.396 e. The standard InChI is InChI=1S/C8H18O2/c1-6(2)8(10)7(3)4-5-9/h6-10H,4-5H2,1-3H3/t7-,8+/m0/s1. The number of hydrogen-bond donors (Lipinski definition) is 2. The van der Waals surface area contributed by atoms with Crippen LogP contribution in [0.15, 0.2) is 0 Å². The SMILES string of the molecule is CC(C)[C@@H](O)[C@@H](C)CCO. The van der Waals surface area contributed by atoms with E-state index in [1.807, 2.05) is 20.8 Å². The predicted octanol–water partition coefficient (Wildman–Crippen LogP) is 1.02. The lowest BCUT2D eigenvalue weighted by Gasteiger charge is -2.20. The number of aliphatic hydroxyl groups excluding tert-OH is 2. The van der Waals surface area contributed by atoms with Crippen molar-refractivity contribution in [2.24, 2.45) is 11.8 Å². The van der Waals surface area contributed by atoms with Gasteiger partial charge in [-0.25, -0.2) is 0 Å². The summed E-state index contributed by atoms with van der Waals surface area (Å²) in [6, 6.07) is 0. The Labute approximate surface area is 62.9 Å². The predicted molar refractivity (Wildman–Crippen MR) is 41.7 cm³/mol. The highest BCUT2D eigenvalue weighted by molar-refractivity contribution is 4.66. The molecule has 0 aromatic heterocycles. The van der Waals surface area contributed by atoms with Gasteiger partial charge in [-0.2, -0.15) is 0 Å². The van der Waals surface area contributed by atoms with Gasteiger partial charge >= 0.3 is 0 Å². The largest absolute Gasteiger partial charge is 0.396 e. The van der Waals surface area contributed by atoms with Crippen molar-refractivity contribution >= 4 is 0 Å². The van der Waals surface area contributed by atoms with Crippen LogP contribution in [-0.4, -0.2) is 22.9 Å². The zero-order chi connectivity index (χ0) is 8.15. The van der Waals surface area contributed by atoms with Gasteiger partial charge < -0.3 is 10.2 Å². The van der Waals surface area contributed by atoms with E-state index in [4.69, 9.17) is 5.11 Å². The fraction of sp³-hybridized carbons (Fsp3) is 1.00. The minimum atomic E-state index is -0.271. The second-order valence-electron chi connectivity index (χ2n) is 3.22. The zero-order valence-electron chi connectivity index (χ0n) is 7.04. The number of rotatable bonds is 4. The molecule has 0 aliphatic rings. The molecular formula is C8H18O2. The molecule has 2 atom stereocenters. The summed E-state index contributed by atoms with van der Waals surface area (Å²) in [5.41, 5.74) is 0. The summed E-state index contributed by atoms with van der Waals surface area (Å²) in [6.07, 6.45) is 0.423. The van der Waals surface area contributed by atoms with Crippen molar-refractivity contribution in [3.8, 4) is 0 Å². The first-order valence-electron chi connectivity index (χ1n) is 3.88. The maximum atomic E-state index is 9.41. The molecule has 0 saturated heterocycles. The fourth-order valence-corrected chi connectivity index (χ4v) is 1.03. The lowest BCUT2D eigenvalue weighted by molar-refractivity contribution is 0.0596. The van der Waals surface area contributed by atoms with E-state index >= 15 is 0 Å². The summed E-state index contributed by atoms with van der Waals surface area (Å²) in [5.74, 6) is 0.506. The fourth-order valence-electron chi connectivity index (χ4n) is 1.03. The highest BCUT2D eigenvalue weighted by atomic mass is 16.3. The first kappa shape index (κ1) is 9.92. The highest BCUT2D eigenvalue weighted by Gasteiger charge is 2.16. The van der Waals surface area contributed by atoms with Crippen molar-refractivity contribution in [3.05, 3.63) is 0 Å². The summed E-state index contributed by atoms with van der Waals surface area (Å²) in [7, 11) is 0. The first-order chi connectivity index (χ1) is 4.59. The molecule has 2 N–H and O–H groups in total. The molecule has 10 heavy (non-hydrogen) atoms. The summed E-state index contributed by atoms with van der Waals surface area (Å²) in [5, 5.41) is 18.0. The second-order valence-corrected chi connectivity index (χ2v) is 3.22. The third-order valence-electron chi connectivity index (χ3n) is 1.85. The van der Waals surface area contributed by atoms with Gasteiger partial charge in [0.2, 0.25) is 0 Å². The molecule has 0 heterocycles. The van der Waals surface area contributed by atoms with Crippen LogP contribution in [0.1, 0.15) is 27.2 Å². The summed E-state index contributed by atoms with van der Waals surface area (Å²) < 4.78 is 0. The second kappa shape index (κ2) is 4.69. The van der Waals surface area contributed by atoms with E-state index in [0.717, 1.165) is 0 Å². The monoisotopic (exact) mass is 146 g/mol. The van der Waals surface area contributed by atoms with Crippen LogP contribution in [0.2, 0.25) is 0 Å². The lowest BCUT2D eigenvalue weighted by atomic mass is 9.93. The molecule has 2 heteroatoms. The van der Waals surface area contributed by atoms with Crippen LogP contribution in [-0.2, 0) is 0 Å². The van der Waals surface area contributed by atoms with Crippen LogP contribution in [0.5, 0.6) is 0 Å². The summed E-state index contributed by atoms with van der Waals surface area (Å²) >= 11 is 0. The number of hydrogen-bond acceptors (Lipinski definition) is 2. The van der Waals surface area contributed by atoms with E-state index in [9.17, 15) is 5.11 Å². The molecule has 0 rings (SSSR count). The van der Waals surface area contributed by atoms with Gasteiger partial charge in [-0.15, -0.1) is 0 Å². The van der Waals surface area contributed by atoms with Gasteiger partial charge in [0, 0.05) is 6.61 Å². The molecule has 2 nitrogen and oxygen atoms in total. The Morgan fingerprint density at radius 1 is 1.20 bits per heavy atom. The molecule has 0 aliphatic heterocycles. The molecule has 0 unspecified atom stereocenters. The van der Waals surface area contributed by atoms with Crippen molar-refractivity contribution in [1.82, 2.24) is 0 Å². The molecule has 62 valence electrons. The lowest BCUT2D eigenvalue weighted by Crippen LogP contribution is -2.24. The molecule has 0 aromatic rings. The van der Waals surface area contributed by atoms with Gasteiger partial charge in [-0.05, 0) is 18.3 Å². The van der Waals surface area contributed by atoms with Crippen LogP contribution < -0.4 is 0 Å². The number of aliphatic hydroxyl groups is 2. The van der Waals surface area contributed by atoms with E-state index < -0.39 is 0 Å².